The first kappa shape index (κ1) is 11.0. The number of rotatable bonds is 2. The van der Waals surface area contributed by atoms with E-state index in [1.54, 1.807) is 12.1 Å². The second-order valence-electron chi connectivity index (χ2n) is 3.53. The number of benzene rings is 1. The molecule has 1 aliphatic carbocycles. The van der Waals surface area contributed by atoms with E-state index in [1.165, 1.54) is 0 Å². The lowest BCUT2D eigenvalue weighted by atomic mass is 10.00. The third-order valence-corrected chi connectivity index (χ3v) is 2.67. The van der Waals surface area contributed by atoms with Gasteiger partial charge in [0.1, 0.15) is 5.75 Å². The summed E-state index contributed by atoms with van der Waals surface area (Å²) >= 11 is 5.64. The van der Waals surface area contributed by atoms with Crippen molar-refractivity contribution in [2.45, 2.75) is 6.04 Å². The van der Waals surface area contributed by atoms with Gasteiger partial charge >= 0.3 is 0 Å². The monoisotopic (exact) mass is 233 g/mol. The lowest BCUT2D eigenvalue weighted by Crippen LogP contribution is -2.20. The Hall–Kier alpha value is -1.51. The molecule has 0 fully saturated rings. The summed E-state index contributed by atoms with van der Waals surface area (Å²) in [6, 6.07) is 7.19. The van der Waals surface area contributed by atoms with E-state index in [2.05, 4.69) is 4.84 Å². The van der Waals surface area contributed by atoms with E-state index in [4.69, 9.17) is 11.8 Å². The predicted octanol–water partition coefficient (Wildman–Crippen LogP) is 3.01. The fourth-order valence-electron chi connectivity index (χ4n) is 1.58. The van der Waals surface area contributed by atoms with Crippen LogP contribution in [0.25, 0.3) is 6.08 Å². The first-order chi connectivity index (χ1) is 7.81. The molecule has 2 N–H and O–H groups in total. The van der Waals surface area contributed by atoms with Crippen molar-refractivity contribution >= 4 is 17.9 Å². The van der Waals surface area contributed by atoms with Gasteiger partial charge in [-0.05, 0) is 29.5 Å². The summed E-state index contributed by atoms with van der Waals surface area (Å²) in [6.45, 7) is 0. The summed E-state index contributed by atoms with van der Waals surface area (Å²) in [5, 5.41) is 9.66. The maximum absolute atomic E-state index is 9.66. The zero-order valence-electron chi connectivity index (χ0n) is 8.60. The van der Waals surface area contributed by atoms with Crippen LogP contribution in [0.4, 0.5) is 0 Å². The summed E-state index contributed by atoms with van der Waals surface area (Å²) in [4.78, 5) is 2.68. The Balaban J connectivity index is 2.33. The van der Waals surface area contributed by atoms with Crippen LogP contribution in [0.2, 0.25) is 0 Å². The average molecular weight is 234 g/mol. The van der Waals surface area contributed by atoms with Crippen LogP contribution < -0.4 is 4.84 Å². The Morgan fingerprint density at radius 2 is 2.06 bits per heavy atom. The molecule has 0 radical (unpaired) electrons. The van der Waals surface area contributed by atoms with Gasteiger partial charge in [0, 0.05) is 5.56 Å². The summed E-state index contributed by atoms with van der Waals surface area (Å²) < 4.78 is 0. The van der Waals surface area contributed by atoms with Crippen molar-refractivity contribution in [2.75, 3.05) is 0 Å². The lowest BCUT2D eigenvalue weighted by molar-refractivity contribution is 0.474. The van der Waals surface area contributed by atoms with Crippen LogP contribution in [0, 0.1) is 0 Å². The van der Waals surface area contributed by atoms with E-state index < -0.39 is 0 Å². The molecular formula is C13H12ClNO. The van der Waals surface area contributed by atoms with Gasteiger partial charge in [-0.15, -0.1) is 0 Å². The van der Waals surface area contributed by atoms with Crippen LogP contribution in [0.5, 0.6) is 5.75 Å². The van der Waals surface area contributed by atoms with Crippen molar-refractivity contribution in [3.05, 3.63) is 59.7 Å². The lowest BCUT2D eigenvalue weighted by Gasteiger charge is -2.14. The highest BCUT2D eigenvalue weighted by molar-refractivity contribution is 6.14. The van der Waals surface area contributed by atoms with Gasteiger partial charge in [0.2, 0.25) is 0 Å². The first-order valence-electron chi connectivity index (χ1n) is 5.02. The third kappa shape index (κ3) is 2.35. The zero-order valence-corrected chi connectivity index (χ0v) is 9.35. The van der Waals surface area contributed by atoms with Gasteiger partial charge in [-0.2, -0.15) is 0 Å². The minimum atomic E-state index is -0.0220. The van der Waals surface area contributed by atoms with Crippen LogP contribution in [0.15, 0.2) is 54.1 Å². The molecule has 1 aromatic carbocycles. The molecule has 3 heteroatoms. The molecule has 0 spiro atoms. The summed E-state index contributed by atoms with van der Waals surface area (Å²) in [6.07, 6.45) is 9.71. The second kappa shape index (κ2) is 5.01. The quantitative estimate of drug-likeness (QED) is 0.770. The number of hydrogen-bond acceptors (Lipinski definition) is 2. The molecular weight excluding hydrogens is 222 g/mol. The predicted molar refractivity (Wildman–Crippen MR) is 67.1 cm³/mol. The maximum Gasteiger partial charge on any atom is 0.122 e. The first-order valence-corrected chi connectivity index (χ1v) is 5.39. The Morgan fingerprint density at radius 1 is 1.25 bits per heavy atom. The molecule has 0 aliphatic heterocycles. The van der Waals surface area contributed by atoms with Crippen LogP contribution in [-0.2, 0) is 0 Å². The molecule has 0 bridgehead atoms. The maximum atomic E-state index is 9.66. The summed E-state index contributed by atoms with van der Waals surface area (Å²) in [5.41, 5.74) is 1.80. The van der Waals surface area contributed by atoms with Crippen molar-refractivity contribution in [1.82, 2.24) is 4.84 Å². The number of nitrogens with one attached hydrogen (secondary N) is 1. The molecule has 1 unspecified atom stereocenters. The standard InChI is InChI=1S/C13H12ClNO/c14-15-12-7-3-1-5-10(12)9-11-6-2-4-8-13(11)16/h1-9,12,15-16H. The van der Waals surface area contributed by atoms with Crippen molar-refractivity contribution in [2.24, 2.45) is 0 Å². The Morgan fingerprint density at radius 3 is 2.81 bits per heavy atom. The number of hydrogen-bond donors (Lipinski definition) is 2. The van der Waals surface area contributed by atoms with Crippen LogP contribution in [-0.4, -0.2) is 11.1 Å². The van der Waals surface area contributed by atoms with E-state index in [0.29, 0.717) is 0 Å². The van der Waals surface area contributed by atoms with E-state index >= 15 is 0 Å². The van der Waals surface area contributed by atoms with Crippen molar-refractivity contribution in [3.8, 4) is 5.75 Å². The Labute approximate surface area is 99.7 Å². The number of phenolic OH excluding ortho intramolecular Hbond substituents is 1. The van der Waals surface area contributed by atoms with E-state index in [-0.39, 0.29) is 11.8 Å². The van der Waals surface area contributed by atoms with Gasteiger partial charge in [-0.1, -0.05) is 42.5 Å². The van der Waals surface area contributed by atoms with E-state index in [9.17, 15) is 5.11 Å². The molecule has 0 heterocycles. The zero-order chi connectivity index (χ0) is 11.4. The van der Waals surface area contributed by atoms with Gasteiger partial charge in [-0.3, -0.25) is 0 Å². The molecule has 0 saturated heterocycles. The molecule has 1 aliphatic rings. The van der Waals surface area contributed by atoms with Crippen LogP contribution in [0.1, 0.15) is 5.56 Å². The molecule has 82 valence electrons. The fourth-order valence-corrected chi connectivity index (χ4v) is 1.78. The van der Waals surface area contributed by atoms with Crippen molar-refractivity contribution in [1.29, 1.82) is 0 Å². The van der Waals surface area contributed by atoms with E-state index in [0.717, 1.165) is 11.1 Å². The van der Waals surface area contributed by atoms with Crippen molar-refractivity contribution < 1.29 is 5.11 Å². The molecule has 2 nitrogen and oxygen atoms in total. The highest BCUT2D eigenvalue weighted by Gasteiger charge is 2.10. The van der Waals surface area contributed by atoms with Gasteiger partial charge in [0.25, 0.3) is 0 Å². The van der Waals surface area contributed by atoms with Crippen molar-refractivity contribution in [3.63, 3.8) is 0 Å². The molecule has 0 amide bonds. The number of aromatic hydroxyl groups is 1. The van der Waals surface area contributed by atoms with E-state index in [1.807, 2.05) is 42.5 Å². The number of halogens is 1. The Kier molecular flexibility index (Phi) is 3.44. The number of phenols is 1. The fraction of sp³-hybridized carbons (Fsp3) is 0.0769. The molecule has 2 rings (SSSR count). The van der Waals surface area contributed by atoms with Gasteiger partial charge in [0.05, 0.1) is 6.04 Å². The van der Waals surface area contributed by atoms with Gasteiger partial charge in [-0.25, -0.2) is 4.84 Å². The van der Waals surface area contributed by atoms with Gasteiger partial charge in [0.15, 0.2) is 0 Å². The molecule has 1 aromatic rings. The Bertz CT molecular complexity index is 463. The molecule has 0 aromatic heterocycles. The molecule has 1 atom stereocenters. The normalized spacial score (nSPS) is 21.6. The third-order valence-electron chi connectivity index (χ3n) is 2.44. The smallest absolute Gasteiger partial charge is 0.122 e. The van der Waals surface area contributed by atoms with Crippen LogP contribution in [0.3, 0.4) is 0 Å². The highest BCUT2D eigenvalue weighted by Crippen LogP contribution is 2.22. The molecule has 16 heavy (non-hydrogen) atoms. The van der Waals surface area contributed by atoms with Crippen LogP contribution >= 0.6 is 11.8 Å². The minimum Gasteiger partial charge on any atom is -0.507 e. The average Bonchev–Trinajstić information content (AvgIpc) is 2.33. The second-order valence-corrected chi connectivity index (χ2v) is 3.75. The topological polar surface area (TPSA) is 32.3 Å². The largest absolute Gasteiger partial charge is 0.507 e. The highest BCUT2D eigenvalue weighted by atomic mass is 35.5. The minimum absolute atomic E-state index is 0.0220. The summed E-state index contributed by atoms with van der Waals surface area (Å²) in [5.74, 6) is 0.270. The summed E-state index contributed by atoms with van der Waals surface area (Å²) in [7, 11) is 0. The number of para-hydroxylation sites is 1. The number of allylic oxidation sites excluding steroid dienone is 2. The SMILES string of the molecule is Oc1ccccc1C=C1C=CC=CC1NCl. The van der Waals surface area contributed by atoms with Gasteiger partial charge < -0.3 is 5.11 Å². The molecule has 0 saturated carbocycles.